The van der Waals surface area contributed by atoms with Gasteiger partial charge in [0.25, 0.3) is 0 Å². The first-order valence-electron chi connectivity index (χ1n) is 5.77. The van der Waals surface area contributed by atoms with Crippen molar-refractivity contribution in [3.8, 4) is 0 Å². The maximum absolute atomic E-state index is 4.31. The third-order valence-electron chi connectivity index (χ3n) is 4.61. The van der Waals surface area contributed by atoms with Crippen LogP contribution in [0, 0.1) is 11.8 Å². The molecule has 0 radical (unpaired) electrons. The van der Waals surface area contributed by atoms with E-state index in [4.69, 9.17) is 0 Å². The van der Waals surface area contributed by atoms with Crippen LogP contribution in [-0.4, -0.2) is 15.4 Å². The standard InChI is InChI=1S/C13H26S/c1-10(2)11(3)8-9-13(6)12(4,5)14(13)7/h10-11H,7-9H2,1-6H3. The molecule has 3 unspecified atom stereocenters. The molecule has 1 heteroatoms. The average Bonchev–Trinajstić information content (AvgIpc) is 2.46. The highest BCUT2D eigenvalue weighted by atomic mass is 32.2. The second-order valence-corrected chi connectivity index (χ2v) is 8.60. The first kappa shape index (κ1) is 12.3. The molecule has 1 fully saturated rings. The van der Waals surface area contributed by atoms with Gasteiger partial charge in [-0.1, -0.05) is 26.6 Å². The molecular formula is C13H26S. The Hall–Kier alpha value is 0.220. The SMILES string of the molecule is C=S1C(C)(C)C1(C)CCC(C)C(C)C. The monoisotopic (exact) mass is 214 g/mol. The molecular weight excluding hydrogens is 188 g/mol. The molecule has 1 aliphatic heterocycles. The fourth-order valence-corrected chi connectivity index (χ4v) is 4.41. The smallest absolute Gasteiger partial charge is 0.0219 e. The summed E-state index contributed by atoms with van der Waals surface area (Å²) in [4.78, 5) is 0. The lowest BCUT2D eigenvalue weighted by Gasteiger charge is -2.19. The van der Waals surface area contributed by atoms with E-state index in [1.165, 1.54) is 12.8 Å². The van der Waals surface area contributed by atoms with Crippen molar-refractivity contribution in [2.75, 3.05) is 0 Å². The van der Waals surface area contributed by atoms with Crippen molar-refractivity contribution < 1.29 is 0 Å². The highest BCUT2D eigenvalue weighted by Gasteiger charge is 2.60. The summed E-state index contributed by atoms with van der Waals surface area (Å²) in [6.45, 7) is 14.2. The van der Waals surface area contributed by atoms with E-state index >= 15 is 0 Å². The van der Waals surface area contributed by atoms with E-state index in [9.17, 15) is 0 Å². The van der Waals surface area contributed by atoms with Gasteiger partial charge in [0.05, 0.1) is 0 Å². The fraction of sp³-hybridized carbons (Fsp3) is 0.923. The van der Waals surface area contributed by atoms with Gasteiger partial charge < -0.3 is 0 Å². The van der Waals surface area contributed by atoms with Crippen LogP contribution in [0.5, 0.6) is 0 Å². The Labute approximate surface area is 92.4 Å². The highest BCUT2D eigenvalue weighted by molar-refractivity contribution is 8.23. The third-order valence-corrected chi connectivity index (χ3v) is 7.89. The fourth-order valence-electron chi connectivity index (χ4n) is 2.10. The van der Waals surface area contributed by atoms with Crippen LogP contribution in [0.2, 0.25) is 0 Å². The van der Waals surface area contributed by atoms with Gasteiger partial charge in [0, 0.05) is 9.49 Å². The Bertz CT molecular complexity index is 240. The maximum atomic E-state index is 4.31. The summed E-state index contributed by atoms with van der Waals surface area (Å²) in [6, 6.07) is 0. The zero-order valence-electron chi connectivity index (χ0n) is 10.7. The van der Waals surface area contributed by atoms with Crippen molar-refractivity contribution in [2.45, 2.75) is 63.9 Å². The van der Waals surface area contributed by atoms with E-state index < -0.39 is 0 Å². The molecule has 0 aromatic carbocycles. The molecule has 1 rings (SSSR count). The van der Waals surface area contributed by atoms with Gasteiger partial charge in [-0.05, 0) is 45.4 Å². The van der Waals surface area contributed by atoms with Crippen molar-refractivity contribution in [1.82, 2.24) is 0 Å². The second-order valence-electron chi connectivity index (χ2n) is 5.89. The predicted molar refractivity (Wildman–Crippen MR) is 70.4 cm³/mol. The lowest BCUT2D eigenvalue weighted by Crippen LogP contribution is -2.18. The molecule has 0 amide bonds. The molecule has 1 aliphatic rings. The highest BCUT2D eigenvalue weighted by Crippen LogP contribution is 2.70. The number of hydrogen-bond donors (Lipinski definition) is 0. The minimum Gasteiger partial charge on any atom is -0.179 e. The molecule has 1 heterocycles. The van der Waals surface area contributed by atoms with Crippen LogP contribution in [0.25, 0.3) is 0 Å². The van der Waals surface area contributed by atoms with Crippen LogP contribution < -0.4 is 0 Å². The van der Waals surface area contributed by atoms with Gasteiger partial charge in [-0.25, -0.2) is 0 Å². The summed E-state index contributed by atoms with van der Waals surface area (Å²) in [5, 5.41) is 0. The van der Waals surface area contributed by atoms with E-state index in [1.54, 1.807) is 0 Å². The Morgan fingerprint density at radius 1 is 1.14 bits per heavy atom. The van der Waals surface area contributed by atoms with Crippen molar-refractivity contribution in [2.24, 2.45) is 11.8 Å². The number of rotatable bonds is 4. The predicted octanol–water partition coefficient (Wildman–Crippen LogP) is 4.31. The molecule has 1 saturated heterocycles. The molecule has 0 aromatic rings. The van der Waals surface area contributed by atoms with Crippen LogP contribution in [0.1, 0.15) is 54.4 Å². The molecule has 0 spiro atoms. The van der Waals surface area contributed by atoms with Crippen molar-refractivity contribution in [1.29, 1.82) is 0 Å². The Morgan fingerprint density at radius 3 is 1.86 bits per heavy atom. The van der Waals surface area contributed by atoms with E-state index in [0.717, 1.165) is 11.8 Å². The topological polar surface area (TPSA) is 0 Å². The molecule has 14 heavy (non-hydrogen) atoms. The van der Waals surface area contributed by atoms with Gasteiger partial charge in [-0.15, -0.1) is 0 Å². The zero-order chi connectivity index (χ0) is 11.1. The van der Waals surface area contributed by atoms with Gasteiger partial charge in [-0.3, -0.25) is 0 Å². The summed E-state index contributed by atoms with van der Waals surface area (Å²) in [5.41, 5.74) is 0. The Morgan fingerprint density at radius 2 is 1.57 bits per heavy atom. The first-order valence-corrected chi connectivity index (χ1v) is 7.17. The third kappa shape index (κ3) is 1.80. The Kier molecular flexibility index (Phi) is 3.21. The lowest BCUT2D eigenvalue weighted by atomic mass is 9.86. The average molecular weight is 214 g/mol. The van der Waals surface area contributed by atoms with Crippen LogP contribution in [0.4, 0.5) is 0 Å². The van der Waals surface area contributed by atoms with E-state index in [2.05, 4.69) is 47.4 Å². The lowest BCUT2D eigenvalue weighted by molar-refractivity contribution is 0.362. The van der Waals surface area contributed by atoms with E-state index in [-0.39, 0.29) is 0 Å². The summed E-state index contributed by atoms with van der Waals surface area (Å²) in [5.74, 6) is 5.99. The summed E-state index contributed by atoms with van der Waals surface area (Å²) < 4.78 is 1.04. The Balaban J connectivity index is 2.45. The minimum atomic E-state index is 0.396. The largest absolute Gasteiger partial charge is 0.179 e. The van der Waals surface area contributed by atoms with Gasteiger partial charge in [0.15, 0.2) is 0 Å². The molecule has 0 aromatic heterocycles. The van der Waals surface area contributed by atoms with Crippen molar-refractivity contribution in [3.63, 3.8) is 0 Å². The molecule has 0 nitrogen and oxygen atoms in total. The van der Waals surface area contributed by atoms with Gasteiger partial charge in [0.2, 0.25) is 0 Å². The van der Waals surface area contributed by atoms with Crippen molar-refractivity contribution >= 4 is 16.4 Å². The quantitative estimate of drug-likeness (QED) is 0.483. The van der Waals surface area contributed by atoms with Gasteiger partial charge >= 0.3 is 0 Å². The zero-order valence-corrected chi connectivity index (χ0v) is 11.5. The van der Waals surface area contributed by atoms with Gasteiger partial charge in [-0.2, -0.15) is 10.5 Å². The molecule has 3 atom stereocenters. The molecule has 0 N–H and O–H groups in total. The van der Waals surface area contributed by atoms with Crippen LogP contribution in [-0.2, 0) is 0 Å². The van der Waals surface area contributed by atoms with Crippen LogP contribution >= 0.6 is 10.5 Å². The second kappa shape index (κ2) is 3.66. The maximum Gasteiger partial charge on any atom is 0.0219 e. The summed E-state index contributed by atoms with van der Waals surface area (Å²) >= 11 is 0. The molecule has 0 saturated carbocycles. The van der Waals surface area contributed by atoms with Crippen molar-refractivity contribution in [3.05, 3.63) is 0 Å². The van der Waals surface area contributed by atoms with Crippen LogP contribution in [0.3, 0.4) is 0 Å². The first-order chi connectivity index (χ1) is 6.23. The van der Waals surface area contributed by atoms with Gasteiger partial charge in [0.1, 0.15) is 0 Å². The van der Waals surface area contributed by atoms with Crippen LogP contribution in [0.15, 0.2) is 0 Å². The minimum absolute atomic E-state index is 0.396. The van der Waals surface area contributed by atoms with E-state index in [1.807, 2.05) is 0 Å². The molecule has 0 bridgehead atoms. The summed E-state index contributed by atoms with van der Waals surface area (Å²) in [7, 11) is 0.396. The molecule has 84 valence electrons. The number of hydrogen-bond acceptors (Lipinski definition) is 0. The van der Waals surface area contributed by atoms with E-state index in [0.29, 0.717) is 20.0 Å². The summed E-state index contributed by atoms with van der Waals surface area (Å²) in [6.07, 6.45) is 2.74. The molecule has 0 aliphatic carbocycles. The normalized spacial score (nSPS) is 37.2.